The topological polar surface area (TPSA) is 80.4 Å². The molecule has 1 aliphatic carbocycles. The molecule has 3 aromatic rings. The van der Waals surface area contributed by atoms with Crippen molar-refractivity contribution in [2.45, 2.75) is 32.0 Å². The van der Waals surface area contributed by atoms with Crippen LogP contribution in [0.1, 0.15) is 40.0 Å². The van der Waals surface area contributed by atoms with E-state index >= 15 is 0 Å². The number of hydrogen-bond donors (Lipinski definition) is 0. The third-order valence-corrected chi connectivity index (χ3v) is 6.85. The Balaban J connectivity index is 1.43. The Morgan fingerprint density at radius 1 is 1.19 bits per heavy atom. The van der Waals surface area contributed by atoms with E-state index in [1.54, 1.807) is 23.0 Å². The Labute approximate surface area is 209 Å². The molecule has 0 saturated heterocycles. The fourth-order valence-electron chi connectivity index (χ4n) is 4.43. The van der Waals surface area contributed by atoms with E-state index < -0.39 is 24.1 Å². The molecule has 2 aliphatic rings. The molecule has 1 amide bonds. The lowest BCUT2D eigenvalue weighted by Crippen LogP contribution is -2.36. The van der Waals surface area contributed by atoms with Crippen molar-refractivity contribution in [2.75, 3.05) is 20.3 Å². The molecule has 0 N–H and O–H groups in total. The number of carbonyl (C=O) groups is 1. The first-order chi connectivity index (χ1) is 17.7. The third-order valence-electron chi connectivity index (χ3n) is 6.85. The summed E-state index contributed by atoms with van der Waals surface area (Å²) in [7, 11) is 1.29. The van der Waals surface area contributed by atoms with E-state index in [4.69, 9.17) is 9.47 Å². The van der Waals surface area contributed by atoms with Gasteiger partial charge in [0.05, 0.1) is 24.1 Å². The largest absolute Gasteiger partial charge is 0.494 e. The van der Waals surface area contributed by atoms with Crippen LogP contribution in [0.4, 0.5) is 17.6 Å². The summed E-state index contributed by atoms with van der Waals surface area (Å²) in [5.74, 6) is -1.01. The number of rotatable bonds is 6. The predicted molar refractivity (Wildman–Crippen MR) is 123 cm³/mol. The van der Waals surface area contributed by atoms with Gasteiger partial charge in [-0.1, -0.05) is 0 Å². The van der Waals surface area contributed by atoms with Crippen LogP contribution in [0.25, 0.3) is 5.69 Å². The first-order valence-electron chi connectivity index (χ1n) is 11.6. The molecule has 5 rings (SSSR count). The highest BCUT2D eigenvalue weighted by atomic mass is 19.4. The maximum atomic E-state index is 13.7. The Morgan fingerprint density at radius 3 is 2.54 bits per heavy atom. The van der Waals surface area contributed by atoms with E-state index in [1.807, 2.05) is 6.07 Å². The average Bonchev–Trinajstić information content (AvgIpc) is 3.58. The second kappa shape index (κ2) is 9.10. The fourth-order valence-corrected chi connectivity index (χ4v) is 4.43. The van der Waals surface area contributed by atoms with Gasteiger partial charge in [-0.05, 0) is 49.2 Å². The van der Waals surface area contributed by atoms with Crippen molar-refractivity contribution >= 4 is 5.91 Å². The first kappa shape index (κ1) is 24.6. The standard InChI is InChI=1S/C26H22F4N4O3/c1-36-23-16(12-31)2-7-21(37-15-25(9-10-25)26(28,29)30)22(23)24(35)33-11-8-20-17(13-33)14-34(32-20)19-5-3-18(27)4-6-19/h2-7,14H,8-11,13,15H2,1H3. The number of hydrogen-bond acceptors (Lipinski definition) is 5. The average molecular weight is 514 g/mol. The lowest BCUT2D eigenvalue weighted by atomic mass is 10.0. The number of aromatic nitrogens is 2. The van der Waals surface area contributed by atoms with Crippen LogP contribution in [0.15, 0.2) is 42.6 Å². The lowest BCUT2D eigenvalue weighted by Gasteiger charge is -2.28. The Hall–Kier alpha value is -4.07. The molecule has 1 aliphatic heterocycles. The van der Waals surface area contributed by atoms with Crippen molar-refractivity contribution in [3.63, 3.8) is 0 Å². The Morgan fingerprint density at radius 2 is 1.92 bits per heavy atom. The van der Waals surface area contributed by atoms with Crippen molar-refractivity contribution < 1.29 is 31.8 Å². The van der Waals surface area contributed by atoms with Gasteiger partial charge in [-0.3, -0.25) is 4.79 Å². The highest BCUT2D eigenvalue weighted by Crippen LogP contribution is 2.57. The second-order valence-corrected chi connectivity index (χ2v) is 9.20. The molecule has 192 valence electrons. The molecule has 0 radical (unpaired) electrons. The van der Waals surface area contributed by atoms with E-state index in [9.17, 15) is 27.6 Å². The molecule has 1 saturated carbocycles. The van der Waals surface area contributed by atoms with E-state index in [2.05, 4.69) is 5.10 Å². The van der Waals surface area contributed by atoms with Crippen LogP contribution in [0.2, 0.25) is 0 Å². The van der Waals surface area contributed by atoms with Crippen LogP contribution < -0.4 is 9.47 Å². The molecule has 2 heterocycles. The molecule has 0 unspecified atom stereocenters. The number of carbonyl (C=O) groups excluding carboxylic acids is 1. The number of alkyl halides is 3. The van der Waals surface area contributed by atoms with Crippen molar-refractivity contribution in [2.24, 2.45) is 5.41 Å². The molecule has 7 nitrogen and oxygen atoms in total. The number of nitriles is 1. The number of methoxy groups -OCH3 is 1. The molecule has 1 fully saturated rings. The van der Waals surface area contributed by atoms with Gasteiger partial charge in [0.25, 0.3) is 5.91 Å². The van der Waals surface area contributed by atoms with Gasteiger partial charge in [0.15, 0.2) is 5.75 Å². The van der Waals surface area contributed by atoms with E-state index in [1.165, 1.54) is 36.3 Å². The zero-order chi connectivity index (χ0) is 26.4. The van der Waals surface area contributed by atoms with E-state index in [0.29, 0.717) is 12.1 Å². The van der Waals surface area contributed by atoms with Crippen molar-refractivity contribution in [1.29, 1.82) is 5.26 Å². The summed E-state index contributed by atoms with van der Waals surface area (Å²) in [6.07, 6.45) is -2.31. The van der Waals surface area contributed by atoms with Crippen molar-refractivity contribution in [3.8, 4) is 23.3 Å². The zero-order valence-corrected chi connectivity index (χ0v) is 19.8. The summed E-state index contributed by atoms with van der Waals surface area (Å²) < 4.78 is 66.2. The minimum absolute atomic E-state index is 0.0415. The highest BCUT2D eigenvalue weighted by Gasteiger charge is 2.64. The van der Waals surface area contributed by atoms with Crippen molar-refractivity contribution in [1.82, 2.24) is 14.7 Å². The van der Waals surface area contributed by atoms with Gasteiger partial charge in [0.1, 0.15) is 35.2 Å². The minimum atomic E-state index is -4.41. The third kappa shape index (κ3) is 4.48. The molecular formula is C26H22F4N4O3. The Kier molecular flexibility index (Phi) is 6.06. The van der Waals surface area contributed by atoms with Crippen LogP contribution in [-0.2, 0) is 13.0 Å². The minimum Gasteiger partial charge on any atom is -0.494 e. The van der Waals surface area contributed by atoms with Gasteiger partial charge in [0, 0.05) is 31.3 Å². The number of amides is 1. The van der Waals surface area contributed by atoms with Gasteiger partial charge in [-0.15, -0.1) is 0 Å². The van der Waals surface area contributed by atoms with Crippen LogP contribution in [-0.4, -0.2) is 47.0 Å². The number of benzene rings is 2. The summed E-state index contributed by atoms with van der Waals surface area (Å²) in [6.45, 7) is -0.153. The summed E-state index contributed by atoms with van der Waals surface area (Å²) in [5.41, 5.74) is 0.264. The number of ether oxygens (including phenoxy) is 2. The molecule has 0 spiro atoms. The normalized spacial score (nSPS) is 16.1. The highest BCUT2D eigenvalue weighted by molar-refractivity contribution is 6.00. The van der Waals surface area contributed by atoms with Crippen LogP contribution >= 0.6 is 0 Å². The maximum Gasteiger partial charge on any atom is 0.397 e. The van der Waals surface area contributed by atoms with Gasteiger partial charge in [-0.2, -0.15) is 23.5 Å². The van der Waals surface area contributed by atoms with Gasteiger partial charge in [-0.25, -0.2) is 9.07 Å². The molecule has 0 bridgehead atoms. The second-order valence-electron chi connectivity index (χ2n) is 9.20. The van der Waals surface area contributed by atoms with E-state index in [-0.39, 0.29) is 54.4 Å². The van der Waals surface area contributed by atoms with Crippen LogP contribution in [0, 0.1) is 22.6 Å². The molecular weight excluding hydrogens is 492 g/mol. The monoisotopic (exact) mass is 514 g/mol. The van der Waals surface area contributed by atoms with Crippen molar-refractivity contribution in [3.05, 3.63) is 70.8 Å². The van der Waals surface area contributed by atoms with Gasteiger partial charge >= 0.3 is 6.18 Å². The number of halogens is 4. The molecule has 2 aromatic carbocycles. The zero-order valence-electron chi connectivity index (χ0n) is 19.8. The lowest BCUT2D eigenvalue weighted by molar-refractivity contribution is -0.194. The number of nitrogens with zero attached hydrogens (tertiary/aromatic N) is 4. The predicted octanol–water partition coefficient (Wildman–Crippen LogP) is 4.81. The summed E-state index contributed by atoms with van der Waals surface area (Å²) in [6, 6.07) is 10.5. The van der Waals surface area contributed by atoms with Crippen LogP contribution in [0.5, 0.6) is 11.5 Å². The smallest absolute Gasteiger partial charge is 0.397 e. The molecule has 0 atom stereocenters. The van der Waals surface area contributed by atoms with Gasteiger partial charge < -0.3 is 14.4 Å². The summed E-state index contributed by atoms with van der Waals surface area (Å²) >= 11 is 0. The van der Waals surface area contributed by atoms with E-state index in [0.717, 1.165) is 11.3 Å². The molecule has 11 heteroatoms. The maximum absolute atomic E-state index is 13.7. The molecule has 1 aromatic heterocycles. The number of fused-ring (bicyclic) bond motifs is 1. The molecule has 37 heavy (non-hydrogen) atoms. The fraction of sp³-hybridized carbons (Fsp3) is 0.346. The first-order valence-corrected chi connectivity index (χ1v) is 11.6. The SMILES string of the molecule is COc1c(C#N)ccc(OCC2(C(F)(F)F)CC2)c1C(=O)N1CCc2nn(-c3ccc(F)cc3)cc2C1. The summed E-state index contributed by atoms with van der Waals surface area (Å²) in [4.78, 5) is 15.2. The Bertz CT molecular complexity index is 1390. The quantitative estimate of drug-likeness (QED) is 0.441. The van der Waals surface area contributed by atoms with Gasteiger partial charge in [0.2, 0.25) is 0 Å². The summed E-state index contributed by atoms with van der Waals surface area (Å²) in [5, 5.41) is 14.1. The van der Waals surface area contributed by atoms with Crippen LogP contribution in [0.3, 0.4) is 0 Å².